The number of aromatic carboxylic acids is 1. The number of alkyl halides is 1. The molecule has 25 heteroatoms. The molecule has 0 saturated heterocycles. The largest absolute Gasteiger partial charge is 0.476 e. The van der Waals surface area contributed by atoms with Gasteiger partial charge in [-0.05, 0) is 140 Å². The van der Waals surface area contributed by atoms with Crippen LogP contribution in [-0.4, -0.2) is 134 Å². The fourth-order valence-corrected chi connectivity index (χ4v) is 16.1. The third-order valence-electron chi connectivity index (χ3n) is 18.6. The number of nitrogens with zero attached hydrogens (tertiary/aromatic N) is 6. The number of para-hydroxylation sites is 1. The van der Waals surface area contributed by atoms with Crippen LogP contribution in [0.3, 0.4) is 0 Å². The maximum Gasteiger partial charge on any atom is 0.410 e. The van der Waals surface area contributed by atoms with Crippen LogP contribution >= 0.6 is 22.9 Å². The number of carbonyl (C=O) groups excluding carboxylic acids is 6. The minimum atomic E-state index is -4.47. The minimum absolute atomic E-state index is 0.000245. The Hall–Kier alpha value is -7.64. The zero-order valence-electron chi connectivity index (χ0n) is 55.2. The minimum Gasteiger partial charge on any atom is -0.476 e. The fraction of sp³-hybridized carbons (Fsp3) is 0.514. The molecule has 4 heterocycles. The highest BCUT2D eigenvalue weighted by atomic mass is 35.5. The van der Waals surface area contributed by atoms with Crippen molar-refractivity contribution in [1.29, 1.82) is 0 Å². The van der Waals surface area contributed by atoms with E-state index in [0.717, 1.165) is 65.6 Å². The molecule has 5 N–H and O–H groups in total. The zero-order chi connectivity index (χ0) is 68.4. The number of ether oxygens (including phenoxy) is 2. The summed E-state index contributed by atoms with van der Waals surface area (Å²) in [5.74, 6) is -3.25. The standard InChI is InChI=1S/C70H88ClN9O13S2/c1-44(2)61(76-60(83)20-11-9-8-10-16-51(81)36-71)57(82)33-46(4)63(84)73-50-23-21-48(22-24-50)39-92-67(88)78(30-32-95(89,90)91)29-31-93-70-35-45(3)34-68(6,41-70)40-69(7,42-70)43-80-47(5)54(37-72-80)52-25-26-59(75-62(52)65(86)87)79-28-27-49-15-14-17-53(55(49)38-79)64(85)77-66-74-56-18-12-13-19-58(56)94-66/h12-15,17-19,21-26,37,44-46,61H,8-11,16,20,27-36,38-43H2,1-7H3,(H,73,84)(H,76,83)(H,86,87)(H,74,77,85)(H,89,90,91)/t45?,46-,61+,68?,69?,70?/m1/s1. The highest BCUT2D eigenvalue weighted by molar-refractivity contribution is 7.85. The quantitative estimate of drug-likeness (QED) is 0.0153. The number of amides is 4. The van der Waals surface area contributed by atoms with Crippen molar-refractivity contribution in [2.45, 2.75) is 163 Å². The molecule has 9 rings (SSSR count). The topological polar surface area (TPSA) is 299 Å². The number of nitrogens with one attached hydrogen (secondary N) is 3. The Morgan fingerprint density at radius 2 is 1.61 bits per heavy atom. The summed E-state index contributed by atoms with van der Waals surface area (Å²) in [6, 6.07) is 22.8. The third kappa shape index (κ3) is 18.9. The van der Waals surface area contributed by atoms with Crippen molar-refractivity contribution in [3.05, 3.63) is 119 Å². The van der Waals surface area contributed by atoms with E-state index < -0.39 is 51.4 Å². The summed E-state index contributed by atoms with van der Waals surface area (Å²) in [6.45, 7) is 14.8. The van der Waals surface area contributed by atoms with Gasteiger partial charge in [0.15, 0.2) is 16.6 Å². The van der Waals surface area contributed by atoms with Crippen LogP contribution < -0.4 is 20.9 Å². The Labute approximate surface area is 564 Å². The van der Waals surface area contributed by atoms with Gasteiger partial charge in [-0.3, -0.25) is 38.5 Å². The summed E-state index contributed by atoms with van der Waals surface area (Å²) in [5.41, 5.74) is 4.79. The SMILES string of the molecule is Cc1c(-c2ccc(N3CCc4cccc(C(=O)Nc5nc6ccccc6s5)c4C3)nc2C(=O)O)cnn1CC1(C)CC2(C)CC(C)CC(OCCN(CCS(=O)(=O)O)C(=O)OCc3ccc(NC(=O)[C@H](C)CC(=O)[C@@H](NC(=O)CCCCCCC(=O)CCl)C(C)C)cc3)(C2)C1. The van der Waals surface area contributed by atoms with Crippen LogP contribution in [0.5, 0.6) is 0 Å². The van der Waals surface area contributed by atoms with E-state index in [1.807, 2.05) is 72.8 Å². The van der Waals surface area contributed by atoms with E-state index in [2.05, 4.69) is 41.7 Å². The van der Waals surface area contributed by atoms with Crippen molar-refractivity contribution in [2.24, 2.45) is 28.6 Å². The molecule has 6 aromatic rings. The normalized spacial score (nSPS) is 19.9. The van der Waals surface area contributed by atoms with Gasteiger partial charge in [-0.25, -0.2) is 19.6 Å². The van der Waals surface area contributed by atoms with Crippen LogP contribution in [0, 0.1) is 35.5 Å². The van der Waals surface area contributed by atoms with E-state index in [1.165, 1.54) is 16.2 Å². The van der Waals surface area contributed by atoms with Crippen molar-refractivity contribution in [1.82, 2.24) is 30.0 Å². The number of rotatable bonds is 31. The van der Waals surface area contributed by atoms with Crippen molar-refractivity contribution in [3.8, 4) is 11.1 Å². The number of hydrogen-bond acceptors (Lipinski definition) is 16. The summed E-state index contributed by atoms with van der Waals surface area (Å²) < 4.78 is 49.4. The van der Waals surface area contributed by atoms with Gasteiger partial charge in [0.1, 0.15) is 18.2 Å². The van der Waals surface area contributed by atoms with E-state index in [4.69, 9.17) is 31.2 Å². The van der Waals surface area contributed by atoms with Gasteiger partial charge in [0, 0.05) is 86.0 Å². The molecule has 6 atom stereocenters. The van der Waals surface area contributed by atoms with Crippen LogP contribution in [-0.2, 0) is 64.9 Å². The van der Waals surface area contributed by atoms with Crippen LogP contribution in [0.1, 0.15) is 162 Å². The summed E-state index contributed by atoms with van der Waals surface area (Å²) in [4.78, 5) is 104. The monoisotopic (exact) mass is 1360 g/mol. The third-order valence-corrected chi connectivity index (χ3v) is 20.5. The Kier molecular flexibility index (Phi) is 23.4. The molecule has 3 aromatic heterocycles. The second kappa shape index (κ2) is 31.0. The fourth-order valence-electron chi connectivity index (χ4n) is 14.7. The number of carbonyl (C=O) groups is 7. The molecule has 4 amide bonds. The molecule has 510 valence electrons. The van der Waals surface area contributed by atoms with Gasteiger partial charge < -0.3 is 35.0 Å². The first-order chi connectivity index (χ1) is 45.1. The van der Waals surface area contributed by atoms with Crippen LogP contribution in [0.2, 0.25) is 0 Å². The molecular formula is C70H88ClN9O13S2. The molecule has 3 aromatic carbocycles. The van der Waals surface area contributed by atoms with Gasteiger partial charge >= 0.3 is 12.1 Å². The summed E-state index contributed by atoms with van der Waals surface area (Å²) in [5, 5.41) is 24.7. The van der Waals surface area contributed by atoms with Gasteiger partial charge in [-0.15, -0.1) is 11.6 Å². The highest BCUT2D eigenvalue weighted by Crippen LogP contribution is 2.60. The molecule has 2 fully saturated rings. The van der Waals surface area contributed by atoms with Crippen LogP contribution in [0.4, 0.5) is 21.4 Å². The molecule has 3 aliphatic rings. The summed E-state index contributed by atoms with van der Waals surface area (Å²) in [6.07, 6.45) is 8.91. The van der Waals surface area contributed by atoms with Gasteiger partial charge in [-0.1, -0.05) is 102 Å². The predicted octanol–water partition coefficient (Wildman–Crippen LogP) is 12.1. The number of aromatic nitrogens is 4. The number of halogens is 1. The van der Waals surface area contributed by atoms with Gasteiger partial charge in [0.25, 0.3) is 16.0 Å². The molecule has 0 radical (unpaired) electrons. The molecule has 2 bridgehead atoms. The number of Topliss-reactive ketones (excluding diaryl/α,β-unsaturated/α-hetero) is 2. The van der Waals surface area contributed by atoms with Crippen LogP contribution in [0.15, 0.2) is 85.1 Å². The first-order valence-corrected chi connectivity index (χ1v) is 35.7. The number of anilines is 3. The second-order valence-electron chi connectivity index (χ2n) is 27.4. The predicted molar refractivity (Wildman–Crippen MR) is 365 cm³/mol. The second-order valence-corrected chi connectivity index (χ2v) is 30.3. The number of fused-ring (bicyclic) bond motifs is 4. The molecule has 4 unspecified atom stereocenters. The van der Waals surface area contributed by atoms with Crippen LogP contribution in [0.25, 0.3) is 21.3 Å². The lowest BCUT2D eigenvalue weighted by atomic mass is 9.51. The maximum atomic E-state index is 13.8. The maximum absolute atomic E-state index is 13.8. The van der Waals surface area contributed by atoms with Crippen molar-refractivity contribution in [2.75, 3.05) is 53.4 Å². The van der Waals surface area contributed by atoms with Gasteiger partial charge in [0.2, 0.25) is 11.8 Å². The lowest BCUT2D eigenvalue weighted by molar-refractivity contribution is -0.179. The van der Waals surface area contributed by atoms with Gasteiger partial charge in [0.05, 0.1) is 46.3 Å². The molecule has 2 saturated carbocycles. The first-order valence-electron chi connectivity index (χ1n) is 32.7. The number of thiazole rings is 1. The van der Waals surface area contributed by atoms with E-state index in [1.54, 1.807) is 49.5 Å². The number of carboxylic acid groups (broad SMARTS) is 1. The van der Waals surface area contributed by atoms with Gasteiger partial charge in [-0.2, -0.15) is 13.5 Å². The molecular weight excluding hydrogens is 1270 g/mol. The number of pyridine rings is 1. The van der Waals surface area contributed by atoms with E-state index in [0.29, 0.717) is 96.5 Å². The smallest absolute Gasteiger partial charge is 0.410 e. The Balaban J connectivity index is 0.793. The Morgan fingerprint density at radius 3 is 2.33 bits per heavy atom. The molecule has 2 aliphatic carbocycles. The highest BCUT2D eigenvalue weighted by Gasteiger charge is 2.55. The lowest BCUT2D eigenvalue weighted by Crippen LogP contribution is -2.55. The average Bonchev–Trinajstić information content (AvgIpc) is 1.19. The Morgan fingerprint density at radius 1 is 0.863 bits per heavy atom. The van der Waals surface area contributed by atoms with E-state index in [9.17, 15) is 51.6 Å². The van der Waals surface area contributed by atoms with Crippen molar-refractivity contribution >= 4 is 101 Å². The molecule has 22 nitrogen and oxygen atoms in total. The van der Waals surface area contributed by atoms with E-state index >= 15 is 0 Å². The molecule has 95 heavy (non-hydrogen) atoms. The van der Waals surface area contributed by atoms with Crippen molar-refractivity contribution in [3.63, 3.8) is 0 Å². The number of ketones is 2. The molecule has 1 aliphatic heterocycles. The first kappa shape index (κ1) is 71.6. The number of hydrogen-bond donors (Lipinski definition) is 5. The van der Waals surface area contributed by atoms with E-state index in [-0.39, 0.29) is 90.8 Å². The average molecular weight is 1360 g/mol. The lowest BCUT2D eigenvalue weighted by Gasteiger charge is -2.58. The number of benzene rings is 3. The molecule has 0 spiro atoms. The Bertz CT molecular complexity index is 3880. The number of unbranched alkanes of at least 4 members (excludes halogenated alkanes) is 3. The zero-order valence-corrected chi connectivity index (χ0v) is 57.6. The number of carboxylic acids is 1. The van der Waals surface area contributed by atoms with Crippen molar-refractivity contribution < 1.29 is 61.1 Å². The summed E-state index contributed by atoms with van der Waals surface area (Å²) >= 11 is 6.96. The summed E-state index contributed by atoms with van der Waals surface area (Å²) in [7, 11) is -4.47.